The van der Waals surface area contributed by atoms with Crippen LogP contribution in [0.5, 0.6) is 0 Å². The van der Waals surface area contributed by atoms with E-state index in [2.05, 4.69) is 322 Å². The Bertz CT molecular complexity index is 3990. The Morgan fingerprint density at radius 3 is 0.940 bits per heavy atom. The Morgan fingerprint density at radius 1 is 0.250 bits per heavy atom. The number of fused-ring (bicyclic) bond motifs is 4. The summed E-state index contributed by atoms with van der Waals surface area (Å²) in [6, 6.07) is 92.7. The molecular weight excluding hydrogens is 1010 g/mol. The largest absolute Gasteiger partial charge is 0.310 e. The molecule has 0 atom stereocenters. The summed E-state index contributed by atoms with van der Waals surface area (Å²) < 4.78 is 0. The number of benzene rings is 11. The second-order valence-electron chi connectivity index (χ2n) is 24.9. The average molecular weight is 1090 g/mol. The van der Waals surface area contributed by atoms with Crippen molar-refractivity contribution in [2.24, 2.45) is 0 Å². The first kappa shape index (κ1) is 54.3. The van der Waals surface area contributed by atoms with Crippen LogP contribution in [0.15, 0.2) is 243 Å². The molecule has 13 rings (SSSR count). The van der Waals surface area contributed by atoms with Crippen LogP contribution in [-0.4, -0.2) is 6.71 Å². The highest BCUT2D eigenvalue weighted by Gasteiger charge is 2.46. The first-order chi connectivity index (χ1) is 40.9. The maximum Gasteiger partial charge on any atom is 0.252 e. The SMILES string of the molecule is CC(C)c1ccc2c(c1)B1c3cc(C(C)C)ccc3N(c3c(-c4ccccc4-c4ccccc4)cccc3-c3ccccc3C(C)C)c3cc(C(C)C)cc(c31)N2c1c(-c2ccccc2-c2ccccc2)cccc1-c1ccccc1C(C)C. The first-order valence-electron chi connectivity index (χ1n) is 30.7. The summed E-state index contributed by atoms with van der Waals surface area (Å²) in [5.41, 5.74) is 32.4. The van der Waals surface area contributed by atoms with Crippen LogP contribution >= 0.6 is 0 Å². The normalized spacial score (nSPS) is 12.6. The lowest BCUT2D eigenvalue weighted by molar-refractivity contribution is 0.864. The molecule has 0 fully saturated rings. The maximum atomic E-state index is 2.73. The van der Waals surface area contributed by atoms with E-state index in [9.17, 15) is 0 Å². The molecule has 0 bridgehead atoms. The Morgan fingerprint density at radius 2 is 0.571 bits per heavy atom. The molecular formula is C81H75BN2. The molecule has 2 aliphatic heterocycles. The lowest BCUT2D eigenvalue weighted by Crippen LogP contribution is -2.61. The molecule has 3 heteroatoms. The van der Waals surface area contributed by atoms with Crippen molar-refractivity contribution in [1.82, 2.24) is 0 Å². The topological polar surface area (TPSA) is 6.48 Å². The van der Waals surface area contributed by atoms with Gasteiger partial charge in [-0.1, -0.05) is 288 Å². The summed E-state index contributed by atoms with van der Waals surface area (Å²) in [6.07, 6.45) is 0. The number of anilines is 6. The molecule has 0 saturated carbocycles. The van der Waals surface area contributed by atoms with Crippen molar-refractivity contribution in [3.05, 3.63) is 270 Å². The van der Waals surface area contributed by atoms with Crippen LogP contribution in [-0.2, 0) is 0 Å². The Hall–Kier alpha value is -8.92. The van der Waals surface area contributed by atoms with Crippen LogP contribution in [0.3, 0.4) is 0 Å². The Kier molecular flexibility index (Phi) is 14.5. The highest BCUT2D eigenvalue weighted by Crippen LogP contribution is 2.55. The minimum absolute atomic E-state index is 0.0866. The van der Waals surface area contributed by atoms with Gasteiger partial charge in [0.2, 0.25) is 0 Å². The summed E-state index contributed by atoms with van der Waals surface area (Å²) in [5.74, 6) is 1.41. The van der Waals surface area contributed by atoms with Gasteiger partial charge in [0.1, 0.15) is 0 Å². The van der Waals surface area contributed by atoms with Crippen LogP contribution in [0.2, 0.25) is 0 Å². The van der Waals surface area contributed by atoms with E-state index in [1.807, 2.05) is 0 Å². The van der Waals surface area contributed by atoms with Gasteiger partial charge in [-0.25, -0.2) is 0 Å². The molecule has 11 aromatic carbocycles. The van der Waals surface area contributed by atoms with Crippen molar-refractivity contribution in [2.75, 3.05) is 9.80 Å². The maximum absolute atomic E-state index is 2.73. The Labute approximate surface area is 500 Å². The predicted molar refractivity (Wildman–Crippen MR) is 364 cm³/mol. The zero-order chi connectivity index (χ0) is 57.9. The molecule has 0 N–H and O–H groups in total. The molecule has 2 aliphatic rings. The van der Waals surface area contributed by atoms with Crippen LogP contribution < -0.4 is 26.2 Å². The molecule has 11 aromatic rings. The van der Waals surface area contributed by atoms with Crippen molar-refractivity contribution in [1.29, 1.82) is 0 Å². The van der Waals surface area contributed by atoms with E-state index in [-0.39, 0.29) is 12.6 Å². The molecule has 0 aromatic heterocycles. The smallest absolute Gasteiger partial charge is 0.252 e. The second-order valence-corrected chi connectivity index (χ2v) is 24.9. The van der Waals surface area contributed by atoms with E-state index >= 15 is 0 Å². The summed E-state index contributed by atoms with van der Waals surface area (Å²) in [4.78, 5) is 5.45. The lowest BCUT2D eigenvalue weighted by atomic mass is 9.33. The summed E-state index contributed by atoms with van der Waals surface area (Å²) in [5, 5.41) is 0. The molecule has 0 unspecified atom stereocenters. The molecule has 0 aliphatic carbocycles. The van der Waals surface area contributed by atoms with Crippen LogP contribution in [0.1, 0.15) is 127 Å². The molecule has 2 nitrogen and oxygen atoms in total. The number of hydrogen-bond donors (Lipinski definition) is 0. The van der Waals surface area contributed by atoms with Crippen molar-refractivity contribution in [3.8, 4) is 66.8 Å². The van der Waals surface area contributed by atoms with E-state index in [1.54, 1.807) is 0 Å². The van der Waals surface area contributed by atoms with Gasteiger partial charge in [0.05, 0.1) is 11.4 Å². The lowest BCUT2D eigenvalue weighted by Gasteiger charge is -2.46. The minimum atomic E-state index is -0.0866. The van der Waals surface area contributed by atoms with E-state index in [0.717, 1.165) is 0 Å². The highest BCUT2D eigenvalue weighted by molar-refractivity contribution is 7.00. The standard InChI is InChI=1S/C81H75BN2/c1-51(2)58-43-45-75-73(47-58)82-74-48-59(52(3)4)44-46-76(74)84(81-70(66-36-22-18-32-62(66)55(9)10)40-26-42-72(81)68-38-24-20-34-64(68)57-29-15-12-16-30-57)78-50-60(53(5)6)49-77(79(78)82)83(75)80-69(65-35-21-17-31-61(65)54(7)8)39-25-41-71(80)67-37-23-19-33-63(67)56-27-13-11-14-28-56/h11-55H,1-10H3. The number of para-hydroxylation sites is 2. The molecule has 0 amide bonds. The number of hydrogen-bond acceptors (Lipinski definition) is 2. The quantitative estimate of drug-likeness (QED) is 0.106. The van der Waals surface area contributed by atoms with Crippen molar-refractivity contribution >= 4 is 57.2 Å². The van der Waals surface area contributed by atoms with Crippen molar-refractivity contribution < 1.29 is 0 Å². The molecule has 0 saturated heterocycles. The van der Waals surface area contributed by atoms with Gasteiger partial charge in [0, 0.05) is 45.0 Å². The fourth-order valence-electron chi connectivity index (χ4n) is 13.7. The highest BCUT2D eigenvalue weighted by atomic mass is 15.2. The van der Waals surface area contributed by atoms with Crippen molar-refractivity contribution in [3.63, 3.8) is 0 Å². The molecule has 0 radical (unpaired) electrons. The van der Waals surface area contributed by atoms with Gasteiger partial charge in [-0.05, 0) is 143 Å². The third kappa shape index (κ3) is 9.39. The van der Waals surface area contributed by atoms with Crippen LogP contribution in [0.25, 0.3) is 66.8 Å². The van der Waals surface area contributed by atoms with E-state index < -0.39 is 0 Å². The molecule has 412 valence electrons. The molecule has 0 spiro atoms. The van der Waals surface area contributed by atoms with Gasteiger partial charge in [-0.3, -0.25) is 0 Å². The summed E-state index contributed by atoms with van der Waals surface area (Å²) in [6.45, 7) is 23.4. The summed E-state index contributed by atoms with van der Waals surface area (Å²) >= 11 is 0. The summed E-state index contributed by atoms with van der Waals surface area (Å²) in [7, 11) is 0. The molecule has 2 heterocycles. The third-order valence-electron chi connectivity index (χ3n) is 18.0. The minimum Gasteiger partial charge on any atom is -0.310 e. The van der Waals surface area contributed by atoms with Crippen LogP contribution in [0.4, 0.5) is 34.1 Å². The number of rotatable bonds is 13. The second kappa shape index (κ2) is 22.3. The van der Waals surface area contributed by atoms with Crippen molar-refractivity contribution in [2.45, 2.75) is 98.8 Å². The van der Waals surface area contributed by atoms with Gasteiger partial charge in [0.25, 0.3) is 6.71 Å². The first-order valence-corrected chi connectivity index (χ1v) is 30.7. The third-order valence-corrected chi connectivity index (χ3v) is 18.0. The van der Waals surface area contributed by atoms with Gasteiger partial charge in [-0.15, -0.1) is 0 Å². The van der Waals surface area contributed by atoms with Gasteiger partial charge in [-0.2, -0.15) is 0 Å². The van der Waals surface area contributed by atoms with E-state index in [4.69, 9.17) is 0 Å². The van der Waals surface area contributed by atoms with E-state index in [1.165, 1.54) is 145 Å². The van der Waals surface area contributed by atoms with E-state index in [0.29, 0.717) is 23.7 Å². The van der Waals surface area contributed by atoms with Gasteiger partial charge >= 0.3 is 0 Å². The zero-order valence-corrected chi connectivity index (χ0v) is 50.5. The predicted octanol–water partition coefficient (Wildman–Crippen LogP) is 21.4. The van der Waals surface area contributed by atoms with Crippen LogP contribution in [0, 0.1) is 0 Å². The monoisotopic (exact) mass is 1090 g/mol. The van der Waals surface area contributed by atoms with Gasteiger partial charge < -0.3 is 9.80 Å². The zero-order valence-electron chi connectivity index (χ0n) is 50.5. The average Bonchev–Trinajstić information content (AvgIpc) is 1.07. The fourth-order valence-corrected chi connectivity index (χ4v) is 13.7. The fraction of sp³-hybridized carbons (Fsp3) is 0.185. The Balaban J connectivity index is 1.22. The molecule has 84 heavy (non-hydrogen) atoms. The van der Waals surface area contributed by atoms with Gasteiger partial charge in [0.15, 0.2) is 0 Å². The number of nitrogens with zero attached hydrogens (tertiary/aromatic N) is 2.